The molecule has 1 saturated carbocycles. The van der Waals surface area contributed by atoms with Crippen molar-refractivity contribution in [3.05, 3.63) is 94.9 Å². The van der Waals surface area contributed by atoms with Gasteiger partial charge in [0, 0.05) is 91.9 Å². The van der Waals surface area contributed by atoms with Crippen LogP contribution >= 0.6 is 0 Å². The SMILES string of the molecule is COC(=O)C[C@H](C(N)=O)C(C)(C)C(F)(F)F.COC(=O)N[C@H](C(=O)C[C@@H](Cc1ccc(C#Cc2cnc(N3CC4CCC(C3)N4C3CCC3)nc2)cc1)[C@H](CNCc1c(F)cc(-c2ccn(C(F)F)n2)cc1F)OC(=O)[C@@H](N)CCCCN)C(C)(C)C(F)(F)F. The van der Waals surface area contributed by atoms with Crippen molar-refractivity contribution < 1.29 is 82.1 Å². The summed E-state index contributed by atoms with van der Waals surface area (Å²) in [6.07, 6.45) is -2.16. The lowest BCUT2D eigenvalue weighted by molar-refractivity contribution is -0.229. The molecule has 29 heteroatoms. The third kappa shape index (κ3) is 18.4. The Morgan fingerprint density at radius 3 is 1.90 bits per heavy atom. The lowest BCUT2D eigenvalue weighted by Gasteiger charge is -2.48. The van der Waals surface area contributed by atoms with E-state index in [1.54, 1.807) is 36.7 Å². The van der Waals surface area contributed by atoms with Crippen LogP contribution in [0.15, 0.2) is 61.1 Å². The Morgan fingerprint density at radius 1 is 0.789 bits per heavy atom. The van der Waals surface area contributed by atoms with E-state index in [9.17, 15) is 59.1 Å². The van der Waals surface area contributed by atoms with Crippen molar-refractivity contribution in [1.82, 2.24) is 35.3 Å². The topological polar surface area (TPSA) is 265 Å². The molecule has 4 heterocycles. The number of ketones is 1. The van der Waals surface area contributed by atoms with Gasteiger partial charge in [-0.2, -0.15) is 40.2 Å². The number of alkyl halides is 8. The molecule has 90 heavy (non-hydrogen) atoms. The number of ether oxygens (including phenoxy) is 3. The molecule has 2 aromatic carbocycles. The van der Waals surface area contributed by atoms with E-state index in [-0.39, 0.29) is 24.1 Å². The maximum absolute atomic E-state index is 15.6. The number of benzene rings is 2. The summed E-state index contributed by atoms with van der Waals surface area (Å²) in [5.74, 6) is -2.17. The second-order valence-electron chi connectivity index (χ2n) is 23.8. The number of fused-ring (bicyclic) bond motifs is 2. The average Bonchev–Trinajstić information content (AvgIpc) is 2.48. The molecule has 3 aliphatic rings. The second kappa shape index (κ2) is 31.1. The standard InChI is InChI=1S/C52H63F7N10O5.C9H14F3NO3/c1-51(2,52(57,58)59)46(65-50(72)73-3)44(70)24-35(21-32-13-10-31(11-14-32)12-15-33-25-63-49(64-26-33)67-29-37-16-17-38(30-67)69(37)36-7-6-8-36)45(74-47(71)42(61)9-4-5-19-60)28-62-27-39-40(53)22-34(23-41(39)54)43-18-20-68(66-43)48(55)56;1-8(2,9(10,11)12)5(7(13)15)4-6(14)16-3/h10-11,13-14,18,20,22-23,25-26,35-38,42,45-46,48,62H,4-9,16-17,19,21,24,27-30,60-61H2,1-3H3,(H,65,72);5H,4H2,1-3H3,(H2,13,15)/t35-,37?,38?,42+,45+,46-;5-/m11/s1. The Hall–Kier alpha value is -7.42. The molecular weight excluding hydrogens is 1200 g/mol. The van der Waals surface area contributed by atoms with Crippen molar-refractivity contribution in [2.45, 2.75) is 160 Å². The third-order valence-corrected chi connectivity index (χ3v) is 16.9. The predicted octanol–water partition coefficient (Wildman–Crippen LogP) is 8.45. The van der Waals surface area contributed by atoms with E-state index in [1.807, 2.05) is 5.32 Å². The third-order valence-electron chi connectivity index (χ3n) is 16.9. The molecule has 7 atom stereocenters. The lowest BCUT2D eigenvalue weighted by Crippen LogP contribution is -2.59. The molecule has 0 spiro atoms. The second-order valence-corrected chi connectivity index (χ2v) is 23.8. The summed E-state index contributed by atoms with van der Waals surface area (Å²) >= 11 is 0. The van der Waals surface area contributed by atoms with Crippen LogP contribution in [0.3, 0.4) is 0 Å². The minimum atomic E-state index is -5.00. The van der Waals surface area contributed by atoms with E-state index in [1.165, 1.54) is 32.1 Å². The summed E-state index contributed by atoms with van der Waals surface area (Å²) in [6.45, 7) is 1.32. The van der Waals surface area contributed by atoms with Crippen LogP contribution in [0, 0.1) is 46.1 Å². The Morgan fingerprint density at radius 2 is 1.39 bits per heavy atom. The van der Waals surface area contributed by atoms with E-state index in [4.69, 9.17) is 21.9 Å². The number of nitrogens with two attached hydrogens (primary N) is 3. The van der Waals surface area contributed by atoms with Crippen LogP contribution < -0.4 is 32.7 Å². The van der Waals surface area contributed by atoms with Gasteiger partial charge in [0.15, 0.2) is 5.78 Å². The number of halogens is 10. The van der Waals surface area contributed by atoms with Gasteiger partial charge in [-0.05, 0) is 101 Å². The van der Waals surface area contributed by atoms with Crippen molar-refractivity contribution in [3.8, 4) is 23.1 Å². The quantitative estimate of drug-likeness (QED) is 0.0130. The average molecular weight is 1280 g/mol. The first kappa shape index (κ1) is 71.7. The number of nitrogens with zero attached hydrogens (tertiary/aromatic N) is 6. The fourth-order valence-corrected chi connectivity index (χ4v) is 11.0. The fourth-order valence-electron chi connectivity index (χ4n) is 11.0. The largest absolute Gasteiger partial charge is 0.469 e. The Bertz CT molecular complexity index is 3110. The molecule has 4 aromatic rings. The van der Waals surface area contributed by atoms with Gasteiger partial charge in [-0.15, -0.1) is 0 Å². The number of alkyl carbamates (subject to hydrolysis) is 1. The van der Waals surface area contributed by atoms with Gasteiger partial charge in [0.2, 0.25) is 11.9 Å². The molecule has 0 radical (unpaired) electrons. The number of carbonyl (C=O) groups excluding carboxylic acids is 5. The molecule has 2 unspecified atom stereocenters. The van der Waals surface area contributed by atoms with E-state index >= 15 is 8.78 Å². The molecule has 7 rings (SSSR count). The highest BCUT2D eigenvalue weighted by Crippen LogP contribution is 2.45. The zero-order valence-corrected chi connectivity index (χ0v) is 50.7. The highest BCUT2D eigenvalue weighted by Gasteiger charge is 2.57. The zero-order valence-electron chi connectivity index (χ0n) is 50.7. The number of anilines is 1. The van der Waals surface area contributed by atoms with Gasteiger partial charge in [0.25, 0.3) is 0 Å². The first-order valence-electron chi connectivity index (χ1n) is 29.3. The number of unbranched alkanes of at least 4 members (excludes halogenated alkanes) is 1. The highest BCUT2D eigenvalue weighted by atomic mass is 19.4. The Labute approximate surface area is 514 Å². The number of hydrogen-bond acceptors (Lipinski definition) is 16. The van der Waals surface area contributed by atoms with E-state index in [0.29, 0.717) is 64.8 Å². The number of rotatable bonds is 26. The number of piperazine rings is 1. The molecule has 2 saturated heterocycles. The van der Waals surface area contributed by atoms with Gasteiger partial charge in [0.05, 0.1) is 48.6 Å². The first-order valence-corrected chi connectivity index (χ1v) is 29.3. The molecule has 1 aliphatic carbocycles. The van der Waals surface area contributed by atoms with Crippen molar-refractivity contribution in [2.24, 2.45) is 39.9 Å². The highest BCUT2D eigenvalue weighted by molar-refractivity contribution is 5.88. The summed E-state index contributed by atoms with van der Waals surface area (Å²) < 4.78 is 154. The number of esters is 2. The van der Waals surface area contributed by atoms with Crippen molar-refractivity contribution in [1.29, 1.82) is 0 Å². The zero-order chi connectivity index (χ0) is 66.5. The maximum Gasteiger partial charge on any atom is 0.407 e. The first-order chi connectivity index (χ1) is 42.3. The normalized spacial score (nSPS) is 18.0. The minimum absolute atomic E-state index is 0.104. The van der Waals surface area contributed by atoms with E-state index < -0.39 is 133 Å². The molecule has 494 valence electrons. The Kier molecular flexibility index (Phi) is 24.7. The minimum Gasteiger partial charge on any atom is -0.469 e. The molecular formula is C61H77F10N11O8. The van der Waals surface area contributed by atoms with Crippen LogP contribution in [-0.2, 0) is 46.4 Å². The number of hydrogen-bond donors (Lipinski definition) is 5. The van der Waals surface area contributed by atoms with Gasteiger partial charge in [-0.3, -0.25) is 24.1 Å². The Balaban J connectivity index is 0.000000706. The molecule has 2 bridgehead atoms. The molecule has 3 fully saturated rings. The van der Waals surface area contributed by atoms with Gasteiger partial charge in [0.1, 0.15) is 29.8 Å². The van der Waals surface area contributed by atoms with E-state index in [0.717, 1.165) is 79.4 Å². The summed E-state index contributed by atoms with van der Waals surface area (Å²) in [7, 11) is 1.96. The summed E-state index contributed by atoms with van der Waals surface area (Å²) in [6, 6.07) is 8.09. The molecule has 2 aliphatic heterocycles. The summed E-state index contributed by atoms with van der Waals surface area (Å²) in [5.41, 5.74) is 12.5. The number of aromatic nitrogens is 4. The maximum atomic E-state index is 15.6. The number of methoxy groups -OCH3 is 2. The summed E-state index contributed by atoms with van der Waals surface area (Å²) in [5, 5.41) is 8.55. The van der Waals surface area contributed by atoms with Crippen LogP contribution in [-0.4, -0.2) is 143 Å². The van der Waals surface area contributed by atoms with E-state index in [2.05, 4.69) is 51.5 Å². The lowest BCUT2D eigenvalue weighted by atomic mass is 9.76. The number of Topliss-reactive ketones (excluding diaryl/α,β-unsaturated/α-hetero) is 1. The van der Waals surface area contributed by atoms with Crippen molar-refractivity contribution in [3.63, 3.8) is 0 Å². The van der Waals surface area contributed by atoms with Gasteiger partial charge < -0.3 is 46.9 Å². The van der Waals surface area contributed by atoms with Crippen LogP contribution in [0.4, 0.5) is 54.6 Å². The summed E-state index contributed by atoms with van der Waals surface area (Å²) in [4.78, 5) is 76.5. The van der Waals surface area contributed by atoms with Crippen LogP contribution in [0.25, 0.3) is 11.3 Å². The number of primary amides is 1. The monoisotopic (exact) mass is 1280 g/mol. The fraction of sp³-hybridized carbons (Fsp3) is 0.574. The number of carbonyl (C=O) groups is 5. The number of amides is 2. The predicted molar refractivity (Wildman–Crippen MR) is 309 cm³/mol. The van der Waals surface area contributed by atoms with Crippen molar-refractivity contribution >= 4 is 35.7 Å². The smallest absolute Gasteiger partial charge is 0.407 e. The molecule has 2 aromatic heterocycles. The van der Waals surface area contributed by atoms with Crippen LogP contribution in [0.1, 0.15) is 121 Å². The van der Waals surface area contributed by atoms with Crippen LogP contribution in [0.2, 0.25) is 0 Å². The molecule has 2 amide bonds. The molecule has 8 N–H and O–H groups in total. The molecule has 19 nitrogen and oxygen atoms in total. The number of nitrogens with one attached hydrogen (secondary N) is 2. The van der Waals surface area contributed by atoms with Crippen LogP contribution in [0.5, 0.6) is 0 Å². The van der Waals surface area contributed by atoms with Crippen molar-refractivity contribution in [2.75, 3.05) is 45.3 Å². The van der Waals surface area contributed by atoms with Gasteiger partial charge >= 0.3 is 36.9 Å². The van der Waals surface area contributed by atoms with Gasteiger partial charge in [-0.25, -0.2) is 28.2 Å². The van der Waals surface area contributed by atoms with Gasteiger partial charge in [-0.1, -0.05) is 50.7 Å².